The molecule has 2 aromatic heterocycles. The number of carbonyl (C=O) groups is 1. The Morgan fingerprint density at radius 2 is 1.96 bits per heavy atom. The summed E-state index contributed by atoms with van der Waals surface area (Å²) in [4.78, 5) is 29.2. The Labute approximate surface area is 159 Å². The number of fused-ring (bicyclic) bond motifs is 1. The van der Waals surface area contributed by atoms with Crippen molar-refractivity contribution in [1.82, 2.24) is 19.4 Å². The molecular formula is C20H16FN5O2. The zero-order valence-corrected chi connectivity index (χ0v) is 15.0. The monoisotopic (exact) mass is 377 g/mol. The quantitative estimate of drug-likeness (QED) is 0.592. The summed E-state index contributed by atoms with van der Waals surface area (Å²) in [5, 5.41) is 4.40. The van der Waals surface area contributed by atoms with E-state index in [1.165, 1.54) is 29.3 Å². The van der Waals surface area contributed by atoms with Crippen molar-refractivity contribution in [3.8, 4) is 5.69 Å². The van der Waals surface area contributed by atoms with E-state index in [1.807, 2.05) is 31.2 Å². The number of halogens is 1. The summed E-state index contributed by atoms with van der Waals surface area (Å²) in [6.45, 7) is 1.95. The zero-order chi connectivity index (χ0) is 19.7. The fourth-order valence-corrected chi connectivity index (χ4v) is 2.94. The maximum absolute atomic E-state index is 13.1. The van der Waals surface area contributed by atoms with Crippen LogP contribution in [0.1, 0.15) is 11.1 Å². The van der Waals surface area contributed by atoms with Crippen LogP contribution in [-0.2, 0) is 11.2 Å². The molecule has 0 spiro atoms. The zero-order valence-electron chi connectivity index (χ0n) is 15.0. The van der Waals surface area contributed by atoms with Gasteiger partial charge in [0, 0.05) is 0 Å². The molecule has 28 heavy (non-hydrogen) atoms. The smallest absolute Gasteiger partial charge is 0.273 e. The Kier molecular flexibility index (Phi) is 4.44. The lowest BCUT2D eigenvalue weighted by molar-refractivity contribution is -0.116. The maximum Gasteiger partial charge on any atom is 0.283 e. The molecule has 0 bridgehead atoms. The number of benzene rings is 2. The van der Waals surface area contributed by atoms with E-state index in [1.54, 1.807) is 12.1 Å². The van der Waals surface area contributed by atoms with E-state index in [2.05, 4.69) is 15.5 Å². The molecular weight excluding hydrogens is 361 g/mol. The third-order valence-corrected chi connectivity index (χ3v) is 4.25. The maximum atomic E-state index is 13.1. The van der Waals surface area contributed by atoms with E-state index >= 15 is 0 Å². The van der Waals surface area contributed by atoms with Gasteiger partial charge in [-0.2, -0.15) is 5.10 Å². The van der Waals surface area contributed by atoms with E-state index in [0.717, 1.165) is 15.8 Å². The molecule has 0 aliphatic heterocycles. The van der Waals surface area contributed by atoms with Crippen LogP contribution < -0.4 is 11.0 Å². The minimum atomic E-state index is -0.448. The molecule has 0 aliphatic rings. The molecule has 0 saturated carbocycles. The number of rotatable bonds is 4. The van der Waals surface area contributed by atoms with Crippen molar-refractivity contribution in [3.05, 3.63) is 88.4 Å². The van der Waals surface area contributed by atoms with Crippen molar-refractivity contribution >= 4 is 16.9 Å². The van der Waals surface area contributed by atoms with Gasteiger partial charge in [-0.1, -0.05) is 29.8 Å². The largest absolute Gasteiger partial charge is 0.283 e. The summed E-state index contributed by atoms with van der Waals surface area (Å²) < 4.78 is 15.6. The minimum Gasteiger partial charge on any atom is -0.273 e. The van der Waals surface area contributed by atoms with Crippen molar-refractivity contribution in [2.75, 3.05) is 5.43 Å². The molecule has 4 aromatic rings. The predicted octanol–water partition coefficient (Wildman–Crippen LogP) is 2.34. The first-order valence-corrected chi connectivity index (χ1v) is 8.58. The highest BCUT2D eigenvalue weighted by Gasteiger charge is 2.13. The van der Waals surface area contributed by atoms with Crippen LogP contribution in [0.4, 0.5) is 4.39 Å². The number of amides is 1. The highest BCUT2D eigenvalue weighted by molar-refractivity contribution is 5.86. The summed E-state index contributed by atoms with van der Waals surface area (Å²) in [6.07, 6.45) is 2.75. The van der Waals surface area contributed by atoms with Crippen molar-refractivity contribution in [3.63, 3.8) is 0 Å². The first kappa shape index (κ1) is 17.6. The van der Waals surface area contributed by atoms with Crippen LogP contribution in [-0.4, -0.2) is 25.3 Å². The normalized spacial score (nSPS) is 10.9. The molecule has 0 atom stereocenters. The van der Waals surface area contributed by atoms with Crippen molar-refractivity contribution < 1.29 is 9.18 Å². The van der Waals surface area contributed by atoms with Crippen LogP contribution in [0.3, 0.4) is 0 Å². The van der Waals surface area contributed by atoms with Gasteiger partial charge in [-0.3, -0.25) is 15.0 Å². The van der Waals surface area contributed by atoms with Gasteiger partial charge in [-0.15, -0.1) is 0 Å². The summed E-state index contributed by atoms with van der Waals surface area (Å²) >= 11 is 0. The molecule has 1 N–H and O–H groups in total. The molecule has 140 valence electrons. The lowest BCUT2D eigenvalue weighted by atomic mass is 10.1. The minimum absolute atomic E-state index is 0.140. The first-order valence-electron chi connectivity index (χ1n) is 8.58. The number of carbonyl (C=O) groups excluding carboxylic acids is 1. The Balaban J connectivity index is 1.61. The van der Waals surface area contributed by atoms with E-state index in [4.69, 9.17) is 0 Å². The molecule has 2 aromatic carbocycles. The van der Waals surface area contributed by atoms with Crippen molar-refractivity contribution in [1.29, 1.82) is 0 Å². The highest BCUT2D eigenvalue weighted by Crippen LogP contribution is 2.14. The van der Waals surface area contributed by atoms with Gasteiger partial charge in [0.2, 0.25) is 5.91 Å². The molecule has 4 rings (SSSR count). The molecule has 0 saturated heterocycles. The van der Waals surface area contributed by atoms with Crippen LogP contribution in [0.5, 0.6) is 0 Å². The number of aryl methyl sites for hydroxylation is 1. The summed E-state index contributed by atoms with van der Waals surface area (Å²) in [5.74, 6) is -0.702. The predicted molar refractivity (Wildman–Crippen MR) is 102 cm³/mol. The van der Waals surface area contributed by atoms with Crippen LogP contribution >= 0.6 is 0 Å². The number of hydrogen-bond acceptors (Lipinski definition) is 4. The Hall–Kier alpha value is -3.81. The van der Waals surface area contributed by atoms with Gasteiger partial charge in [0.15, 0.2) is 5.65 Å². The standard InChI is InChI=1S/C20H16FN5O2/c1-13-3-2-4-14(9-13)10-18(27)24-25-12-22-19-17(20(25)28)11-23-26(19)16-7-5-15(21)6-8-16/h2-9,11-12H,10H2,1H3,(H,24,27). The number of nitrogens with one attached hydrogen (secondary N) is 1. The SMILES string of the molecule is Cc1cccc(CC(=O)Nn2cnc3c(cnn3-c3ccc(F)cc3)c2=O)c1. The number of nitrogens with zero attached hydrogens (tertiary/aromatic N) is 4. The molecule has 2 heterocycles. The van der Waals surface area contributed by atoms with Gasteiger partial charge in [-0.05, 0) is 36.8 Å². The summed E-state index contributed by atoms with van der Waals surface area (Å²) in [7, 11) is 0. The number of aromatic nitrogens is 4. The van der Waals surface area contributed by atoms with Crippen molar-refractivity contribution in [2.24, 2.45) is 0 Å². The molecule has 0 fully saturated rings. The van der Waals surface area contributed by atoms with Crippen LogP contribution in [0.15, 0.2) is 65.8 Å². The topological polar surface area (TPSA) is 81.8 Å². The molecule has 7 nitrogen and oxygen atoms in total. The van der Waals surface area contributed by atoms with E-state index in [9.17, 15) is 14.0 Å². The fourth-order valence-electron chi connectivity index (χ4n) is 2.94. The second-order valence-corrected chi connectivity index (χ2v) is 6.39. The first-order chi connectivity index (χ1) is 13.5. The number of hydrogen-bond donors (Lipinski definition) is 1. The van der Waals surface area contributed by atoms with Crippen LogP contribution in [0.25, 0.3) is 16.7 Å². The van der Waals surface area contributed by atoms with Crippen molar-refractivity contribution in [2.45, 2.75) is 13.3 Å². The van der Waals surface area contributed by atoms with E-state index < -0.39 is 5.56 Å². The van der Waals surface area contributed by atoms with E-state index in [0.29, 0.717) is 11.3 Å². The van der Waals surface area contributed by atoms with E-state index in [-0.39, 0.29) is 23.5 Å². The lowest BCUT2D eigenvalue weighted by Crippen LogP contribution is -2.34. The summed E-state index contributed by atoms with van der Waals surface area (Å²) in [6, 6.07) is 13.3. The van der Waals surface area contributed by atoms with Gasteiger partial charge in [0.1, 0.15) is 17.5 Å². The molecule has 8 heteroatoms. The van der Waals surface area contributed by atoms with Gasteiger partial charge in [-0.25, -0.2) is 18.7 Å². The van der Waals surface area contributed by atoms with Gasteiger partial charge < -0.3 is 0 Å². The Morgan fingerprint density at radius 3 is 2.71 bits per heavy atom. The molecule has 0 aliphatic carbocycles. The Morgan fingerprint density at radius 1 is 1.18 bits per heavy atom. The summed E-state index contributed by atoms with van der Waals surface area (Å²) in [5.41, 5.74) is 4.89. The molecule has 0 radical (unpaired) electrons. The van der Waals surface area contributed by atoms with Crippen LogP contribution in [0, 0.1) is 12.7 Å². The second kappa shape index (κ2) is 7.07. The molecule has 0 unspecified atom stereocenters. The third kappa shape index (κ3) is 3.39. The van der Waals surface area contributed by atoms with Gasteiger partial charge in [0.25, 0.3) is 5.56 Å². The Bertz CT molecular complexity index is 1230. The van der Waals surface area contributed by atoms with Gasteiger partial charge >= 0.3 is 0 Å². The second-order valence-electron chi connectivity index (χ2n) is 6.39. The molecule has 1 amide bonds. The fraction of sp³-hybridized carbons (Fsp3) is 0.100. The van der Waals surface area contributed by atoms with Gasteiger partial charge in [0.05, 0.1) is 18.3 Å². The average Bonchev–Trinajstić information content (AvgIpc) is 3.09. The lowest BCUT2D eigenvalue weighted by Gasteiger charge is -2.08. The van der Waals surface area contributed by atoms with Crippen LogP contribution in [0.2, 0.25) is 0 Å². The average molecular weight is 377 g/mol. The highest BCUT2D eigenvalue weighted by atomic mass is 19.1. The third-order valence-electron chi connectivity index (χ3n) is 4.25.